The van der Waals surface area contributed by atoms with Crippen molar-refractivity contribution in [1.82, 2.24) is 0 Å². The molecule has 0 spiro atoms. The summed E-state index contributed by atoms with van der Waals surface area (Å²) in [6.07, 6.45) is 5.92. The van der Waals surface area contributed by atoms with Gasteiger partial charge in [-0.25, -0.2) is 0 Å². The van der Waals surface area contributed by atoms with Gasteiger partial charge in [0.1, 0.15) is 6.29 Å². The molecule has 1 heterocycles. The van der Waals surface area contributed by atoms with Gasteiger partial charge in [-0.15, -0.1) is 23.5 Å². The van der Waals surface area contributed by atoms with Crippen LogP contribution in [0.25, 0.3) is 0 Å². The Balaban J connectivity index is 2.38. The third kappa shape index (κ3) is 3.83. The minimum atomic E-state index is 0.134. The largest absolute Gasteiger partial charge is 0.396 e. The lowest BCUT2D eigenvalue weighted by Crippen LogP contribution is -2.25. The molecule has 14 heavy (non-hydrogen) atoms. The minimum Gasteiger partial charge on any atom is -0.396 e. The average Bonchev–Trinajstić information content (AvgIpc) is 2.20. The summed E-state index contributed by atoms with van der Waals surface area (Å²) in [5.74, 6) is 2.36. The zero-order valence-electron chi connectivity index (χ0n) is 8.41. The van der Waals surface area contributed by atoms with Crippen molar-refractivity contribution in [3.8, 4) is 0 Å². The van der Waals surface area contributed by atoms with Gasteiger partial charge in [0, 0.05) is 13.0 Å². The van der Waals surface area contributed by atoms with Gasteiger partial charge in [0.05, 0.1) is 4.08 Å². The molecule has 1 aliphatic heterocycles. The first-order valence-electron chi connectivity index (χ1n) is 5.15. The van der Waals surface area contributed by atoms with Gasteiger partial charge in [-0.3, -0.25) is 0 Å². The predicted octanol–water partition coefficient (Wildman–Crippen LogP) is 2.30. The Hall–Kier alpha value is 0.330. The van der Waals surface area contributed by atoms with Gasteiger partial charge in [0.25, 0.3) is 0 Å². The highest BCUT2D eigenvalue weighted by molar-refractivity contribution is 8.18. The molecule has 0 atom stereocenters. The van der Waals surface area contributed by atoms with E-state index < -0.39 is 0 Å². The van der Waals surface area contributed by atoms with Gasteiger partial charge in [-0.05, 0) is 37.2 Å². The van der Waals surface area contributed by atoms with E-state index >= 15 is 0 Å². The Labute approximate surface area is 94.2 Å². The molecule has 1 N–H and O–H groups in total. The molecule has 82 valence electrons. The van der Waals surface area contributed by atoms with Gasteiger partial charge < -0.3 is 9.90 Å². The van der Waals surface area contributed by atoms with Crippen LogP contribution in [0.1, 0.15) is 32.1 Å². The fraction of sp³-hybridized carbons (Fsp3) is 0.900. The summed E-state index contributed by atoms with van der Waals surface area (Å²) in [6, 6.07) is 0. The van der Waals surface area contributed by atoms with E-state index in [4.69, 9.17) is 5.11 Å². The van der Waals surface area contributed by atoms with Gasteiger partial charge in [0.15, 0.2) is 0 Å². The summed E-state index contributed by atoms with van der Waals surface area (Å²) in [7, 11) is 0. The van der Waals surface area contributed by atoms with Crippen molar-refractivity contribution < 1.29 is 9.90 Å². The normalized spacial score (nSPS) is 20.6. The maximum Gasteiger partial charge on any atom is 0.122 e. The number of unbranched alkanes of at least 4 members (excludes halogenated alkanes) is 1. The summed E-state index contributed by atoms with van der Waals surface area (Å²) >= 11 is 3.87. The molecule has 0 aromatic heterocycles. The van der Waals surface area contributed by atoms with E-state index in [9.17, 15) is 4.79 Å². The number of hydrogen-bond donors (Lipinski definition) is 1. The SMILES string of the molecule is O=CCC1(CCCCO)SCCCS1. The van der Waals surface area contributed by atoms with Crippen molar-refractivity contribution in [3.63, 3.8) is 0 Å². The Kier molecular flexibility index (Phi) is 5.98. The van der Waals surface area contributed by atoms with Crippen LogP contribution in [0.2, 0.25) is 0 Å². The quantitative estimate of drug-likeness (QED) is 0.565. The number of carbonyl (C=O) groups is 1. The van der Waals surface area contributed by atoms with Crippen molar-refractivity contribution in [2.24, 2.45) is 0 Å². The van der Waals surface area contributed by atoms with Gasteiger partial charge in [-0.1, -0.05) is 0 Å². The second-order valence-electron chi connectivity index (χ2n) is 3.51. The second-order valence-corrected chi connectivity index (χ2v) is 6.73. The molecular formula is C10H18O2S2. The van der Waals surface area contributed by atoms with Crippen molar-refractivity contribution in [1.29, 1.82) is 0 Å². The Morgan fingerprint density at radius 3 is 2.57 bits per heavy atom. The Morgan fingerprint density at radius 2 is 2.00 bits per heavy atom. The summed E-state index contributed by atoms with van der Waals surface area (Å²) in [5, 5.41) is 8.73. The molecule has 0 saturated carbocycles. The molecular weight excluding hydrogens is 216 g/mol. The lowest BCUT2D eigenvalue weighted by Gasteiger charge is -2.34. The molecule has 1 fully saturated rings. The minimum absolute atomic E-state index is 0.134. The van der Waals surface area contributed by atoms with Crippen LogP contribution in [0.5, 0.6) is 0 Å². The first kappa shape index (κ1) is 12.4. The van der Waals surface area contributed by atoms with E-state index in [1.807, 2.05) is 23.5 Å². The third-order valence-electron chi connectivity index (χ3n) is 2.38. The smallest absolute Gasteiger partial charge is 0.122 e. The van der Waals surface area contributed by atoms with E-state index in [0.717, 1.165) is 25.5 Å². The van der Waals surface area contributed by atoms with Crippen molar-refractivity contribution in [2.75, 3.05) is 18.1 Å². The van der Waals surface area contributed by atoms with Crippen LogP contribution in [0.3, 0.4) is 0 Å². The number of aliphatic hydroxyl groups is 1. The first-order chi connectivity index (χ1) is 6.83. The van der Waals surface area contributed by atoms with E-state index in [-0.39, 0.29) is 10.7 Å². The molecule has 0 bridgehead atoms. The highest BCUT2D eigenvalue weighted by atomic mass is 32.2. The summed E-state index contributed by atoms with van der Waals surface area (Å²) in [6.45, 7) is 0.270. The topological polar surface area (TPSA) is 37.3 Å². The average molecular weight is 234 g/mol. The molecule has 2 nitrogen and oxygen atoms in total. The van der Waals surface area contributed by atoms with Crippen LogP contribution in [0.4, 0.5) is 0 Å². The maximum atomic E-state index is 10.6. The monoisotopic (exact) mass is 234 g/mol. The maximum absolute atomic E-state index is 10.6. The molecule has 4 heteroatoms. The van der Waals surface area contributed by atoms with E-state index in [2.05, 4.69) is 0 Å². The molecule has 0 aliphatic carbocycles. The number of aliphatic hydroxyl groups excluding tert-OH is 1. The van der Waals surface area contributed by atoms with Crippen molar-refractivity contribution in [3.05, 3.63) is 0 Å². The summed E-state index contributed by atoms with van der Waals surface area (Å²) in [5.41, 5.74) is 0. The first-order valence-corrected chi connectivity index (χ1v) is 7.12. The lowest BCUT2D eigenvalue weighted by atomic mass is 10.1. The van der Waals surface area contributed by atoms with Gasteiger partial charge in [0.2, 0.25) is 0 Å². The summed E-state index contributed by atoms with van der Waals surface area (Å²) < 4.78 is 0.134. The Bertz CT molecular complexity index is 168. The van der Waals surface area contributed by atoms with Crippen LogP contribution in [0, 0.1) is 0 Å². The fourth-order valence-electron chi connectivity index (χ4n) is 1.61. The molecule has 0 amide bonds. The standard InChI is InChI=1S/C10H18O2S2/c11-6-2-1-4-10(5-7-12)13-8-3-9-14-10/h7,11H,1-6,8-9H2. The number of aldehydes is 1. The number of rotatable bonds is 6. The fourth-order valence-corrected chi connectivity index (χ4v) is 4.90. The molecule has 1 saturated heterocycles. The number of thioether (sulfide) groups is 2. The third-order valence-corrected chi connectivity index (χ3v) is 5.87. The molecule has 1 rings (SSSR count). The van der Waals surface area contributed by atoms with Gasteiger partial charge >= 0.3 is 0 Å². The van der Waals surface area contributed by atoms with Crippen LogP contribution in [0.15, 0.2) is 0 Å². The predicted molar refractivity (Wildman–Crippen MR) is 63.9 cm³/mol. The van der Waals surface area contributed by atoms with Crippen molar-refractivity contribution in [2.45, 2.75) is 36.2 Å². The second kappa shape index (κ2) is 6.75. The highest BCUT2D eigenvalue weighted by Gasteiger charge is 2.32. The number of carbonyl (C=O) groups excluding carboxylic acids is 1. The zero-order chi connectivity index (χ0) is 10.3. The van der Waals surface area contributed by atoms with Crippen LogP contribution >= 0.6 is 23.5 Å². The van der Waals surface area contributed by atoms with Crippen LogP contribution in [-0.2, 0) is 4.79 Å². The Morgan fingerprint density at radius 1 is 1.29 bits per heavy atom. The number of hydrogen-bond acceptors (Lipinski definition) is 4. The van der Waals surface area contributed by atoms with Crippen molar-refractivity contribution >= 4 is 29.8 Å². The molecule has 0 radical (unpaired) electrons. The van der Waals surface area contributed by atoms with E-state index in [0.29, 0.717) is 6.42 Å². The van der Waals surface area contributed by atoms with Crippen LogP contribution in [-0.4, -0.2) is 33.6 Å². The van der Waals surface area contributed by atoms with Gasteiger partial charge in [-0.2, -0.15) is 0 Å². The van der Waals surface area contributed by atoms with E-state index in [1.54, 1.807) is 0 Å². The molecule has 0 unspecified atom stereocenters. The molecule has 1 aliphatic rings. The molecule has 0 aromatic rings. The van der Waals surface area contributed by atoms with E-state index in [1.165, 1.54) is 17.9 Å². The molecule has 0 aromatic carbocycles. The summed E-state index contributed by atoms with van der Waals surface area (Å²) in [4.78, 5) is 10.6. The zero-order valence-corrected chi connectivity index (χ0v) is 10.0. The highest BCUT2D eigenvalue weighted by Crippen LogP contribution is 2.47. The van der Waals surface area contributed by atoms with Crippen LogP contribution < -0.4 is 0 Å². The lowest BCUT2D eigenvalue weighted by molar-refractivity contribution is -0.108.